The van der Waals surface area contributed by atoms with E-state index in [9.17, 15) is 14.4 Å². The van der Waals surface area contributed by atoms with E-state index in [1.165, 1.54) is 0 Å². The molecule has 0 aromatic heterocycles. The maximum absolute atomic E-state index is 12.3. The summed E-state index contributed by atoms with van der Waals surface area (Å²) in [4.78, 5) is 35.1. The number of ether oxygens (including phenoxy) is 2. The van der Waals surface area contributed by atoms with Crippen LogP contribution in [0, 0.1) is 0 Å². The van der Waals surface area contributed by atoms with E-state index < -0.39 is 29.4 Å². The number of thioether (sulfide) groups is 1. The van der Waals surface area contributed by atoms with Gasteiger partial charge in [-0.15, -0.1) is 0 Å². The van der Waals surface area contributed by atoms with Gasteiger partial charge in [-0.3, -0.25) is 4.79 Å². The number of nitrogens with one attached hydrogen (secondary N) is 2. The monoisotopic (exact) mass is 418 g/mol. The minimum Gasteiger partial charge on any atom is -0.481 e. The third-order valence-corrected chi connectivity index (χ3v) is 5.35. The number of unbranched alkanes of at least 4 members (excludes halogenated alkanes) is 1. The van der Waals surface area contributed by atoms with Crippen molar-refractivity contribution in [3.63, 3.8) is 0 Å². The largest absolute Gasteiger partial charge is 0.481 e. The number of carbonyl (C=O) groups excluding carboxylic acids is 2. The fourth-order valence-electron chi connectivity index (χ4n) is 2.81. The SMILES string of the molecule is CC(C)(C)OC(=O)N[C@H]1[C@@H](NC(=O)OC(C)(C)C)CS[C@H]1CCCCC(=O)O. The summed E-state index contributed by atoms with van der Waals surface area (Å²) >= 11 is 1.65. The van der Waals surface area contributed by atoms with Crippen LogP contribution in [0.2, 0.25) is 0 Å². The summed E-state index contributed by atoms with van der Waals surface area (Å²) in [5.41, 5.74) is -1.24. The van der Waals surface area contributed by atoms with Gasteiger partial charge in [0.15, 0.2) is 0 Å². The Balaban J connectivity index is 2.73. The molecule has 0 bridgehead atoms. The Bertz CT molecular complexity index is 556. The lowest BCUT2D eigenvalue weighted by Crippen LogP contribution is -2.54. The molecule has 0 aromatic carbocycles. The van der Waals surface area contributed by atoms with E-state index in [0.29, 0.717) is 12.2 Å². The van der Waals surface area contributed by atoms with Gasteiger partial charge in [-0.1, -0.05) is 6.42 Å². The number of hydrogen-bond donors (Lipinski definition) is 3. The van der Waals surface area contributed by atoms with E-state index in [-0.39, 0.29) is 23.8 Å². The van der Waals surface area contributed by atoms with Crippen molar-refractivity contribution in [2.24, 2.45) is 0 Å². The van der Waals surface area contributed by atoms with Crippen LogP contribution in [-0.4, -0.2) is 57.6 Å². The first-order valence-electron chi connectivity index (χ1n) is 9.59. The van der Waals surface area contributed by atoms with Gasteiger partial charge in [-0.2, -0.15) is 11.8 Å². The summed E-state index contributed by atoms with van der Waals surface area (Å²) in [5.74, 6) is -0.185. The second kappa shape index (κ2) is 10.2. The quantitative estimate of drug-likeness (QED) is 0.542. The Kier molecular flexibility index (Phi) is 8.91. The predicted molar refractivity (Wildman–Crippen MR) is 109 cm³/mol. The lowest BCUT2D eigenvalue weighted by molar-refractivity contribution is -0.137. The van der Waals surface area contributed by atoms with Gasteiger partial charge in [0.1, 0.15) is 11.2 Å². The second-order valence-electron chi connectivity index (χ2n) is 8.94. The number of carboxylic acid groups (broad SMARTS) is 1. The van der Waals surface area contributed by atoms with Gasteiger partial charge in [0.05, 0.1) is 12.1 Å². The van der Waals surface area contributed by atoms with E-state index >= 15 is 0 Å². The van der Waals surface area contributed by atoms with Crippen molar-refractivity contribution < 1.29 is 29.0 Å². The molecule has 1 rings (SSSR count). The summed E-state index contributed by atoms with van der Waals surface area (Å²) in [6.45, 7) is 10.7. The van der Waals surface area contributed by atoms with Crippen molar-refractivity contribution in [1.29, 1.82) is 0 Å². The molecule has 0 unspecified atom stereocenters. The van der Waals surface area contributed by atoms with Crippen molar-refractivity contribution in [3.8, 4) is 0 Å². The number of amides is 2. The molecule has 1 fully saturated rings. The van der Waals surface area contributed by atoms with Crippen LogP contribution in [0.25, 0.3) is 0 Å². The zero-order chi connectivity index (χ0) is 21.5. The Morgan fingerprint density at radius 1 is 0.964 bits per heavy atom. The van der Waals surface area contributed by atoms with E-state index in [2.05, 4.69) is 10.6 Å². The second-order valence-corrected chi connectivity index (χ2v) is 10.2. The zero-order valence-corrected chi connectivity index (χ0v) is 18.5. The Morgan fingerprint density at radius 2 is 1.50 bits per heavy atom. The predicted octanol–water partition coefficient (Wildman–Crippen LogP) is 3.53. The minimum atomic E-state index is -0.813. The lowest BCUT2D eigenvalue weighted by Gasteiger charge is -2.28. The van der Waals surface area contributed by atoms with Crippen LogP contribution in [0.4, 0.5) is 9.59 Å². The smallest absolute Gasteiger partial charge is 0.407 e. The molecule has 0 aromatic rings. The zero-order valence-electron chi connectivity index (χ0n) is 17.7. The highest BCUT2D eigenvalue weighted by Gasteiger charge is 2.39. The summed E-state index contributed by atoms with van der Waals surface area (Å²) in [6, 6.07) is -0.617. The van der Waals surface area contributed by atoms with Gasteiger partial charge in [0.2, 0.25) is 0 Å². The molecule has 2 amide bonds. The third-order valence-electron chi connectivity index (χ3n) is 3.84. The first-order chi connectivity index (χ1) is 12.8. The number of alkyl carbamates (subject to hydrolysis) is 2. The van der Waals surface area contributed by atoms with Crippen LogP contribution in [0.15, 0.2) is 0 Å². The molecule has 162 valence electrons. The fourth-order valence-corrected chi connectivity index (χ4v) is 4.35. The molecule has 1 aliphatic heterocycles. The molecule has 9 heteroatoms. The van der Waals surface area contributed by atoms with Gasteiger partial charge in [0.25, 0.3) is 0 Å². The molecule has 8 nitrogen and oxygen atoms in total. The van der Waals surface area contributed by atoms with E-state index in [0.717, 1.165) is 12.8 Å². The van der Waals surface area contributed by atoms with Crippen molar-refractivity contribution in [1.82, 2.24) is 10.6 Å². The fraction of sp³-hybridized carbons (Fsp3) is 0.842. The summed E-state index contributed by atoms with van der Waals surface area (Å²) in [5, 5.41) is 14.6. The molecule has 0 spiro atoms. The number of aliphatic carboxylic acids is 1. The van der Waals surface area contributed by atoms with Crippen LogP contribution >= 0.6 is 11.8 Å². The average molecular weight is 419 g/mol. The van der Waals surface area contributed by atoms with Crippen LogP contribution in [0.3, 0.4) is 0 Å². The molecule has 28 heavy (non-hydrogen) atoms. The Hall–Kier alpha value is -1.64. The van der Waals surface area contributed by atoms with Crippen LogP contribution in [0.1, 0.15) is 67.2 Å². The van der Waals surface area contributed by atoms with E-state index in [4.69, 9.17) is 14.6 Å². The van der Waals surface area contributed by atoms with Crippen LogP contribution in [-0.2, 0) is 14.3 Å². The molecule has 0 radical (unpaired) electrons. The summed E-state index contributed by atoms with van der Waals surface area (Å²) < 4.78 is 10.7. The van der Waals surface area contributed by atoms with Gasteiger partial charge in [0, 0.05) is 17.4 Å². The maximum atomic E-state index is 12.3. The molecule has 3 N–H and O–H groups in total. The van der Waals surface area contributed by atoms with Gasteiger partial charge >= 0.3 is 18.2 Å². The summed E-state index contributed by atoms with van der Waals surface area (Å²) in [7, 11) is 0. The molecular formula is C19H34N2O6S. The number of rotatable bonds is 7. The highest BCUT2D eigenvalue weighted by molar-refractivity contribution is 8.00. The van der Waals surface area contributed by atoms with Gasteiger partial charge < -0.3 is 25.2 Å². The topological polar surface area (TPSA) is 114 Å². The van der Waals surface area contributed by atoms with Gasteiger partial charge in [-0.05, 0) is 54.4 Å². The van der Waals surface area contributed by atoms with Crippen molar-refractivity contribution in [3.05, 3.63) is 0 Å². The number of carboxylic acids is 1. The molecule has 1 aliphatic rings. The summed E-state index contributed by atoms with van der Waals surface area (Å²) in [6.07, 6.45) is 1.12. The normalized spacial score (nSPS) is 22.4. The molecule has 1 heterocycles. The van der Waals surface area contributed by atoms with Crippen molar-refractivity contribution >= 4 is 29.9 Å². The first kappa shape index (κ1) is 24.4. The molecular weight excluding hydrogens is 384 g/mol. The average Bonchev–Trinajstić information content (AvgIpc) is 2.81. The Morgan fingerprint density at radius 3 is 2.00 bits per heavy atom. The molecule has 0 aliphatic carbocycles. The number of carbonyl (C=O) groups is 3. The Labute approximate surface area is 171 Å². The lowest BCUT2D eigenvalue weighted by atomic mass is 10.0. The standard InChI is InChI=1S/C19H34N2O6S/c1-18(2,3)26-16(24)20-12-11-28-13(9-7-8-10-14(22)23)15(12)21-17(25)27-19(4,5)6/h12-13,15H,7-11H2,1-6H3,(H,20,24)(H,21,25)(H,22,23)/t12-,13-,15-/m0/s1. The van der Waals surface area contributed by atoms with Gasteiger partial charge in [-0.25, -0.2) is 9.59 Å². The number of hydrogen-bond acceptors (Lipinski definition) is 6. The third kappa shape index (κ3) is 10.1. The minimum absolute atomic E-state index is 0.0567. The van der Waals surface area contributed by atoms with E-state index in [1.807, 2.05) is 0 Å². The maximum Gasteiger partial charge on any atom is 0.407 e. The molecule has 3 atom stereocenters. The highest BCUT2D eigenvalue weighted by atomic mass is 32.2. The van der Waals surface area contributed by atoms with E-state index in [1.54, 1.807) is 53.3 Å². The first-order valence-corrected chi connectivity index (χ1v) is 10.6. The van der Waals surface area contributed by atoms with Crippen LogP contribution in [0.5, 0.6) is 0 Å². The highest BCUT2D eigenvalue weighted by Crippen LogP contribution is 2.32. The van der Waals surface area contributed by atoms with Crippen molar-refractivity contribution in [2.45, 2.75) is 95.8 Å². The molecule has 1 saturated heterocycles. The molecule has 0 saturated carbocycles. The van der Waals surface area contributed by atoms with Crippen molar-refractivity contribution in [2.75, 3.05) is 5.75 Å². The van der Waals surface area contributed by atoms with Crippen LogP contribution < -0.4 is 10.6 Å².